The number of aromatic nitrogens is 1. The van der Waals surface area contributed by atoms with Gasteiger partial charge in [0.2, 0.25) is 0 Å². The lowest BCUT2D eigenvalue weighted by Crippen LogP contribution is -1.89. The number of halogens is 2. The van der Waals surface area contributed by atoms with E-state index in [1.165, 1.54) is 11.3 Å². The summed E-state index contributed by atoms with van der Waals surface area (Å²) in [4.78, 5) is 4.59. The van der Waals surface area contributed by atoms with E-state index >= 15 is 0 Å². The number of methoxy groups -OCH3 is 1. The molecule has 3 aromatic rings. The van der Waals surface area contributed by atoms with Crippen molar-refractivity contribution in [1.29, 1.82) is 5.26 Å². The highest BCUT2D eigenvalue weighted by Crippen LogP contribution is 2.34. The Kier molecular flexibility index (Phi) is 5.54. The summed E-state index contributed by atoms with van der Waals surface area (Å²) < 4.78 is 6.37. The number of thiazole rings is 1. The number of nitriles is 1. The molecule has 0 fully saturated rings. The van der Waals surface area contributed by atoms with Gasteiger partial charge in [0, 0.05) is 20.4 Å². The van der Waals surface area contributed by atoms with Crippen molar-refractivity contribution in [3.63, 3.8) is 0 Å². The molecule has 0 unspecified atom stereocenters. The number of benzene rings is 2. The van der Waals surface area contributed by atoms with Crippen LogP contribution in [0.25, 0.3) is 22.9 Å². The molecule has 1 heterocycles. The Bertz CT molecular complexity index is 974. The minimum Gasteiger partial charge on any atom is -0.496 e. The van der Waals surface area contributed by atoms with Crippen LogP contribution in [0.15, 0.2) is 52.3 Å². The molecule has 6 heteroatoms. The van der Waals surface area contributed by atoms with Crippen molar-refractivity contribution >= 4 is 50.5 Å². The van der Waals surface area contributed by atoms with E-state index in [0.29, 0.717) is 21.4 Å². The maximum atomic E-state index is 9.51. The van der Waals surface area contributed by atoms with Gasteiger partial charge in [-0.15, -0.1) is 11.3 Å². The van der Waals surface area contributed by atoms with E-state index < -0.39 is 0 Å². The molecule has 0 atom stereocenters. The largest absolute Gasteiger partial charge is 0.496 e. The Hall–Kier alpha value is -2.13. The number of nitrogens with zero attached hydrogens (tertiary/aromatic N) is 2. The fraction of sp³-hybridized carbons (Fsp3) is 0.0526. The van der Waals surface area contributed by atoms with Gasteiger partial charge in [-0.3, -0.25) is 0 Å². The van der Waals surface area contributed by atoms with Crippen molar-refractivity contribution in [2.45, 2.75) is 0 Å². The lowest BCUT2D eigenvalue weighted by atomic mass is 10.1. The van der Waals surface area contributed by atoms with Crippen molar-refractivity contribution < 1.29 is 4.74 Å². The van der Waals surface area contributed by atoms with Gasteiger partial charge in [0.15, 0.2) is 0 Å². The molecule has 124 valence electrons. The van der Waals surface area contributed by atoms with Crippen molar-refractivity contribution in [3.8, 4) is 23.1 Å². The van der Waals surface area contributed by atoms with Crippen LogP contribution in [-0.4, -0.2) is 12.1 Å². The summed E-state index contributed by atoms with van der Waals surface area (Å²) in [6.45, 7) is 0. The standard InChI is InChI=1S/C19H12BrClN2OS/c1-24-18-7-6-15(21)9-16(18)17-11-25-19(23-17)13(10-22)8-12-2-4-14(20)5-3-12/h2-9,11H,1H3. The molecule has 25 heavy (non-hydrogen) atoms. The zero-order valence-corrected chi connectivity index (χ0v) is 16.3. The predicted octanol–water partition coefficient (Wildman–Crippen LogP) is 6.30. The Morgan fingerprint density at radius 2 is 2.04 bits per heavy atom. The smallest absolute Gasteiger partial charge is 0.134 e. The van der Waals surface area contributed by atoms with Gasteiger partial charge in [0.1, 0.15) is 16.8 Å². The third-order valence-corrected chi connectivity index (χ3v) is 5.11. The zero-order valence-electron chi connectivity index (χ0n) is 13.2. The van der Waals surface area contributed by atoms with Crippen molar-refractivity contribution in [3.05, 3.63) is 67.9 Å². The van der Waals surface area contributed by atoms with Gasteiger partial charge in [-0.1, -0.05) is 39.7 Å². The second kappa shape index (κ2) is 7.83. The van der Waals surface area contributed by atoms with Gasteiger partial charge in [0.25, 0.3) is 0 Å². The topological polar surface area (TPSA) is 45.9 Å². The molecule has 0 radical (unpaired) electrons. The van der Waals surface area contributed by atoms with E-state index in [1.54, 1.807) is 19.2 Å². The monoisotopic (exact) mass is 430 g/mol. The van der Waals surface area contributed by atoms with E-state index in [4.69, 9.17) is 16.3 Å². The fourth-order valence-corrected chi connectivity index (χ4v) is 3.49. The lowest BCUT2D eigenvalue weighted by Gasteiger charge is -2.06. The SMILES string of the molecule is COc1ccc(Cl)cc1-c1csc(C(C#N)=Cc2ccc(Br)cc2)n1. The fourth-order valence-electron chi connectivity index (χ4n) is 2.27. The van der Waals surface area contributed by atoms with Crippen LogP contribution in [0.5, 0.6) is 5.75 Å². The van der Waals surface area contributed by atoms with E-state index in [0.717, 1.165) is 21.3 Å². The van der Waals surface area contributed by atoms with E-state index in [2.05, 4.69) is 27.0 Å². The third-order valence-electron chi connectivity index (χ3n) is 3.47. The summed E-state index contributed by atoms with van der Waals surface area (Å²) in [6, 6.07) is 15.4. The molecule has 0 aliphatic heterocycles. The number of rotatable bonds is 4. The van der Waals surface area contributed by atoms with Crippen molar-refractivity contribution in [1.82, 2.24) is 4.98 Å². The van der Waals surface area contributed by atoms with Gasteiger partial charge < -0.3 is 4.74 Å². The molecule has 3 nitrogen and oxygen atoms in total. The minimum absolute atomic E-state index is 0.513. The van der Waals surface area contributed by atoms with Gasteiger partial charge in [-0.25, -0.2) is 4.98 Å². The van der Waals surface area contributed by atoms with Crippen LogP contribution in [-0.2, 0) is 0 Å². The molecule has 2 aromatic carbocycles. The first kappa shape index (κ1) is 17.7. The van der Waals surface area contributed by atoms with E-state index in [-0.39, 0.29) is 0 Å². The Balaban J connectivity index is 1.99. The number of allylic oxidation sites excluding steroid dienone is 1. The molecule has 0 saturated heterocycles. The highest BCUT2D eigenvalue weighted by Gasteiger charge is 2.13. The van der Waals surface area contributed by atoms with Gasteiger partial charge >= 0.3 is 0 Å². The molecule has 0 amide bonds. The first-order valence-electron chi connectivity index (χ1n) is 7.28. The molecule has 0 N–H and O–H groups in total. The van der Waals surface area contributed by atoms with Crippen LogP contribution >= 0.6 is 38.9 Å². The summed E-state index contributed by atoms with van der Waals surface area (Å²) >= 11 is 10.9. The van der Waals surface area contributed by atoms with E-state index in [9.17, 15) is 5.26 Å². The second-order valence-electron chi connectivity index (χ2n) is 5.10. The number of ether oxygens (including phenoxy) is 1. The quantitative estimate of drug-likeness (QED) is 0.455. The maximum absolute atomic E-state index is 9.51. The molecule has 0 saturated carbocycles. The third kappa shape index (κ3) is 4.10. The number of hydrogen-bond acceptors (Lipinski definition) is 4. The summed E-state index contributed by atoms with van der Waals surface area (Å²) in [5.41, 5.74) is 2.99. The molecule has 0 bridgehead atoms. The predicted molar refractivity (Wildman–Crippen MR) is 107 cm³/mol. The summed E-state index contributed by atoms with van der Waals surface area (Å²) in [5, 5.41) is 12.7. The molecule has 1 aromatic heterocycles. The first-order valence-corrected chi connectivity index (χ1v) is 9.33. The average Bonchev–Trinajstić information content (AvgIpc) is 3.11. The summed E-state index contributed by atoms with van der Waals surface area (Å²) in [5.74, 6) is 0.691. The molecule has 0 aliphatic rings. The van der Waals surface area contributed by atoms with E-state index in [1.807, 2.05) is 41.8 Å². The Morgan fingerprint density at radius 3 is 2.72 bits per heavy atom. The van der Waals surface area contributed by atoms with Crippen LogP contribution in [0.1, 0.15) is 10.6 Å². The summed E-state index contributed by atoms with van der Waals surface area (Å²) in [7, 11) is 1.61. The molecule has 3 rings (SSSR count). The maximum Gasteiger partial charge on any atom is 0.134 e. The van der Waals surface area contributed by atoms with Crippen LogP contribution in [0.4, 0.5) is 0 Å². The van der Waals surface area contributed by atoms with Crippen LogP contribution in [0.3, 0.4) is 0 Å². The second-order valence-corrected chi connectivity index (χ2v) is 7.31. The zero-order chi connectivity index (χ0) is 17.8. The first-order chi connectivity index (χ1) is 12.1. The normalized spacial score (nSPS) is 11.2. The van der Waals surface area contributed by atoms with Gasteiger partial charge in [-0.05, 0) is 42.0 Å². The molecular formula is C19H12BrClN2OS. The molecular weight excluding hydrogens is 420 g/mol. The van der Waals surface area contributed by atoms with Crippen LogP contribution in [0.2, 0.25) is 5.02 Å². The highest BCUT2D eigenvalue weighted by molar-refractivity contribution is 9.10. The molecule has 0 spiro atoms. The van der Waals surface area contributed by atoms with Gasteiger partial charge in [0.05, 0.1) is 18.4 Å². The van der Waals surface area contributed by atoms with Crippen LogP contribution in [0, 0.1) is 11.3 Å². The van der Waals surface area contributed by atoms with Crippen LogP contribution < -0.4 is 4.74 Å². The highest BCUT2D eigenvalue weighted by atomic mass is 79.9. The average molecular weight is 432 g/mol. The summed E-state index contributed by atoms with van der Waals surface area (Å²) in [6.07, 6.45) is 1.82. The lowest BCUT2D eigenvalue weighted by molar-refractivity contribution is 0.416. The molecule has 0 aliphatic carbocycles. The number of hydrogen-bond donors (Lipinski definition) is 0. The van der Waals surface area contributed by atoms with Gasteiger partial charge in [-0.2, -0.15) is 5.26 Å². The van der Waals surface area contributed by atoms with Crippen molar-refractivity contribution in [2.24, 2.45) is 0 Å². The Labute approximate surface area is 163 Å². The minimum atomic E-state index is 0.513. The van der Waals surface area contributed by atoms with Crippen molar-refractivity contribution in [2.75, 3.05) is 7.11 Å². The Morgan fingerprint density at radius 1 is 1.28 bits per heavy atom.